The standard InChI is InChI=1S/C20H18N2O3/c1-2-21-12-17(15-8-3-4-9-18(15)21)16-11-19(24)22(20(16)25)13-6-5-7-14(23)10-13/h3-10,12,16,23H,2,11H2,1H3. The zero-order valence-electron chi connectivity index (χ0n) is 13.8. The van der Waals surface area contributed by atoms with Crippen molar-refractivity contribution in [2.75, 3.05) is 4.90 Å². The molecule has 126 valence electrons. The third-order valence-corrected chi connectivity index (χ3v) is 4.77. The zero-order valence-corrected chi connectivity index (χ0v) is 13.8. The van der Waals surface area contributed by atoms with Crippen LogP contribution in [0.5, 0.6) is 5.75 Å². The Labute approximate surface area is 145 Å². The van der Waals surface area contributed by atoms with E-state index in [-0.39, 0.29) is 24.0 Å². The van der Waals surface area contributed by atoms with Crippen molar-refractivity contribution in [2.24, 2.45) is 0 Å². The van der Waals surface area contributed by atoms with Gasteiger partial charge < -0.3 is 9.67 Å². The van der Waals surface area contributed by atoms with Gasteiger partial charge in [0.05, 0.1) is 11.6 Å². The topological polar surface area (TPSA) is 62.5 Å². The Morgan fingerprint density at radius 2 is 1.92 bits per heavy atom. The molecule has 4 rings (SSSR count). The van der Waals surface area contributed by atoms with Crippen molar-refractivity contribution in [3.63, 3.8) is 0 Å². The monoisotopic (exact) mass is 334 g/mol. The average molecular weight is 334 g/mol. The number of aryl methyl sites for hydroxylation is 1. The van der Waals surface area contributed by atoms with Gasteiger partial charge >= 0.3 is 0 Å². The molecule has 1 aliphatic heterocycles. The fourth-order valence-corrected chi connectivity index (χ4v) is 3.59. The Morgan fingerprint density at radius 3 is 2.68 bits per heavy atom. The molecule has 1 atom stereocenters. The molecule has 0 bridgehead atoms. The van der Waals surface area contributed by atoms with Crippen molar-refractivity contribution < 1.29 is 14.7 Å². The predicted octanol–water partition coefficient (Wildman–Crippen LogP) is 3.41. The maximum atomic E-state index is 13.0. The summed E-state index contributed by atoms with van der Waals surface area (Å²) in [6, 6.07) is 14.2. The number of aromatic nitrogens is 1. The van der Waals surface area contributed by atoms with Gasteiger partial charge in [-0.1, -0.05) is 24.3 Å². The van der Waals surface area contributed by atoms with E-state index in [1.165, 1.54) is 17.0 Å². The summed E-state index contributed by atoms with van der Waals surface area (Å²) in [5.74, 6) is -0.944. The number of rotatable bonds is 3. The Morgan fingerprint density at radius 1 is 1.12 bits per heavy atom. The third kappa shape index (κ3) is 2.39. The molecule has 1 aromatic heterocycles. The number of aromatic hydroxyl groups is 1. The van der Waals surface area contributed by atoms with Crippen LogP contribution in [-0.4, -0.2) is 21.5 Å². The SMILES string of the molecule is CCn1cc(C2CC(=O)N(c3cccc(O)c3)C2=O)c2ccccc21. The van der Waals surface area contributed by atoms with Crippen LogP contribution in [0.4, 0.5) is 5.69 Å². The Kier molecular flexibility index (Phi) is 3.57. The number of benzene rings is 2. The van der Waals surface area contributed by atoms with Crippen LogP contribution in [0.2, 0.25) is 0 Å². The molecule has 0 aliphatic carbocycles. The van der Waals surface area contributed by atoms with E-state index < -0.39 is 5.92 Å². The maximum Gasteiger partial charge on any atom is 0.241 e. The molecule has 0 saturated carbocycles. The zero-order chi connectivity index (χ0) is 17.6. The minimum Gasteiger partial charge on any atom is -0.508 e. The van der Waals surface area contributed by atoms with Crippen molar-refractivity contribution in [3.05, 3.63) is 60.3 Å². The number of fused-ring (bicyclic) bond motifs is 1. The average Bonchev–Trinajstić information content (AvgIpc) is 3.12. The van der Waals surface area contributed by atoms with E-state index >= 15 is 0 Å². The summed E-state index contributed by atoms with van der Waals surface area (Å²) in [7, 11) is 0. The van der Waals surface area contributed by atoms with Gasteiger partial charge in [0.25, 0.3) is 0 Å². The molecule has 5 nitrogen and oxygen atoms in total. The number of para-hydroxylation sites is 1. The molecule has 1 unspecified atom stereocenters. The van der Waals surface area contributed by atoms with Crippen molar-refractivity contribution in [2.45, 2.75) is 25.8 Å². The first kappa shape index (κ1) is 15.4. The fraction of sp³-hybridized carbons (Fsp3) is 0.200. The molecule has 0 radical (unpaired) electrons. The smallest absolute Gasteiger partial charge is 0.241 e. The molecule has 25 heavy (non-hydrogen) atoms. The van der Waals surface area contributed by atoms with Crippen LogP contribution in [0.3, 0.4) is 0 Å². The van der Waals surface area contributed by atoms with Crippen molar-refractivity contribution in [1.29, 1.82) is 0 Å². The fourth-order valence-electron chi connectivity index (χ4n) is 3.59. The Hall–Kier alpha value is -3.08. The van der Waals surface area contributed by atoms with Crippen LogP contribution < -0.4 is 4.90 Å². The lowest BCUT2D eigenvalue weighted by atomic mass is 9.97. The van der Waals surface area contributed by atoms with Crippen molar-refractivity contribution in [3.8, 4) is 5.75 Å². The summed E-state index contributed by atoms with van der Waals surface area (Å²) in [4.78, 5) is 26.7. The molecular weight excluding hydrogens is 316 g/mol. The van der Waals surface area contributed by atoms with Gasteiger partial charge in [-0.2, -0.15) is 0 Å². The normalized spacial score (nSPS) is 17.6. The summed E-state index contributed by atoms with van der Waals surface area (Å²) in [6.07, 6.45) is 2.12. The number of phenolic OH excluding ortho intramolecular Hbond substituents is 1. The third-order valence-electron chi connectivity index (χ3n) is 4.77. The van der Waals surface area contributed by atoms with Gasteiger partial charge in [-0.25, -0.2) is 4.90 Å². The van der Waals surface area contributed by atoms with E-state index in [9.17, 15) is 14.7 Å². The van der Waals surface area contributed by atoms with E-state index in [0.29, 0.717) is 5.69 Å². The first-order valence-corrected chi connectivity index (χ1v) is 8.33. The number of amides is 2. The minimum absolute atomic E-state index is 0.0316. The Balaban J connectivity index is 1.78. The molecule has 1 aliphatic rings. The first-order chi connectivity index (χ1) is 12.1. The minimum atomic E-state index is -0.493. The number of hydrogen-bond donors (Lipinski definition) is 1. The van der Waals surface area contributed by atoms with Crippen LogP contribution >= 0.6 is 0 Å². The lowest BCUT2D eigenvalue weighted by molar-refractivity contribution is -0.121. The summed E-state index contributed by atoms with van der Waals surface area (Å²) in [5, 5.41) is 10.7. The number of imide groups is 1. The second-order valence-electron chi connectivity index (χ2n) is 6.23. The van der Waals surface area contributed by atoms with Gasteiger partial charge in [0.1, 0.15) is 5.75 Å². The van der Waals surface area contributed by atoms with Crippen LogP contribution in [0.1, 0.15) is 24.8 Å². The maximum absolute atomic E-state index is 13.0. The molecule has 5 heteroatoms. The predicted molar refractivity (Wildman–Crippen MR) is 95.6 cm³/mol. The largest absolute Gasteiger partial charge is 0.508 e. The highest BCUT2D eigenvalue weighted by atomic mass is 16.3. The number of phenols is 1. The Bertz CT molecular complexity index is 990. The van der Waals surface area contributed by atoms with E-state index in [4.69, 9.17) is 0 Å². The van der Waals surface area contributed by atoms with E-state index in [1.54, 1.807) is 12.1 Å². The summed E-state index contributed by atoms with van der Waals surface area (Å²) >= 11 is 0. The number of hydrogen-bond acceptors (Lipinski definition) is 3. The van der Waals surface area contributed by atoms with Crippen LogP contribution in [0, 0.1) is 0 Å². The number of carbonyl (C=O) groups is 2. The summed E-state index contributed by atoms with van der Waals surface area (Å²) in [6.45, 7) is 2.85. The van der Waals surface area contributed by atoms with Crippen molar-refractivity contribution >= 4 is 28.4 Å². The second-order valence-corrected chi connectivity index (χ2v) is 6.23. The van der Waals surface area contributed by atoms with Gasteiger partial charge in [-0.05, 0) is 30.7 Å². The summed E-state index contributed by atoms with van der Waals surface area (Å²) in [5.41, 5.74) is 2.37. The summed E-state index contributed by atoms with van der Waals surface area (Å²) < 4.78 is 2.10. The molecular formula is C20H18N2O3. The number of anilines is 1. The molecule has 3 aromatic rings. The molecule has 2 heterocycles. The highest BCUT2D eigenvalue weighted by Crippen LogP contribution is 2.37. The molecule has 1 fully saturated rings. The van der Waals surface area contributed by atoms with Gasteiger partial charge in [-0.3, -0.25) is 9.59 Å². The van der Waals surface area contributed by atoms with Crippen LogP contribution in [0.25, 0.3) is 10.9 Å². The quantitative estimate of drug-likeness (QED) is 0.747. The lowest BCUT2D eigenvalue weighted by Gasteiger charge is -2.15. The highest BCUT2D eigenvalue weighted by Gasteiger charge is 2.41. The van der Waals surface area contributed by atoms with Gasteiger partial charge in [0.2, 0.25) is 11.8 Å². The van der Waals surface area contributed by atoms with Crippen molar-refractivity contribution in [1.82, 2.24) is 4.57 Å². The molecule has 1 N–H and O–H groups in total. The number of nitrogens with zero attached hydrogens (tertiary/aromatic N) is 2. The van der Waals surface area contributed by atoms with Crippen LogP contribution in [-0.2, 0) is 16.1 Å². The van der Waals surface area contributed by atoms with Gasteiger partial charge in [0, 0.05) is 36.1 Å². The van der Waals surface area contributed by atoms with Gasteiger partial charge in [-0.15, -0.1) is 0 Å². The molecule has 2 amide bonds. The number of carbonyl (C=O) groups excluding carboxylic acids is 2. The molecule has 1 saturated heterocycles. The molecule has 2 aromatic carbocycles. The first-order valence-electron chi connectivity index (χ1n) is 8.33. The molecule has 0 spiro atoms. The lowest BCUT2D eigenvalue weighted by Crippen LogP contribution is -2.29. The van der Waals surface area contributed by atoms with Gasteiger partial charge in [0.15, 0.2) is 0 Å². The second kappa shape index (κ2) is 5.77. The van der Waals surface area contributed by atoms with E-state index in [2.05, 4.69) is 11.5 Å². The van der Waals surface area contributed by atoms with Crippen LogP contribution in [0.15, 0.2) is 54.7 Å². The highest BCUT2D eigenvalue weighted by molar-refractivity contribution is 6.23. The van der Waals surface area contributed by atoms with E-state index in [1.807, 2.05) is 30.5 Å². The van der Waals surface area contributed by atoms with E-state index in [0.717, 1.165) is 23.0 Å².